The summed E-state index contributed by atoms with van der Waals surface area (Å²) in [6.07, 6.45) is -0.499. The average molecular weight is 288 g/mol. The van der Waals surface area contributed by atoms with Gasteiger partial charge in [0.15, 0.2) is 0 Å². The first-order valence-electron chi connectivity index (χ1n) is 6.11. The normalized spacial score (nSPS) is 13.1. The van der Waals surface area contributed by atoms with Gasteiger partial charge in [-0.3, -0.25) is 14.4 Å². The molecule has 0 heterocycles. The average Bonchev–Trinajstić information content (AvgIpc) is 2.33. The number of aliphatic carboxylic acids is 1. The van der Waals surface area contributed by atoms with Crippen molar-refractivity contribution in [1.82, 2.24) is 10.6 Å². The van der Waals surface area contributed by atoms with Crippen molar-refractivity contribution < 1.29 is 24.3 Å². The zero-order valence-electron chi connectivity index (χ0n) is 11.2. The molecule has 0 saturated carbocycles. The van der Waals surface area contributed by atoms with Crippen LogP contribution in [0.3, 0.4) is 0 Å². The van der Waals surface area contributed by atoms with Gasteiger partial charge < -0.3 is 27.2 Å². The van der Waals surface area contributed by atoms with Gasteiger partial charge in [-0.15, -0.1) is 0 Å². The van der Waals surface area contributed by atoms with E-state index in [0.29, 0.717) is 6.54 Å². The molecule has 0 spiro atoms. The number of hydrogen-bond donors (Lipinski definition) is 5. The minimum absolute atomic E-state index is 0.0455. The lowest BCUT2D eigenvalue weighted by atomic mass is 10.1. The number of carboxylic acids is 1. The fraction of sp³-hybridized carbons (Fsp3) is 0.636. The van der Waals surface area contributed by atoms with E-state index in [4.69, 9.17) is 16.6 Å². The van der Waals surface area contributed by atoms with Crippen LogP contribution in [-0.2, 0) is 19.2 Å². The molecule has 0 bridgehead atoms. The van der Waals surface area contributed by atoms with E-state index in [-0.39, 0.29) is 25.2 Å². The number of rotatable bonds is 9. The van der Waals surface area contributed by atoms with Crippen LogP contribution < -0.4 is 22.1 Å². The predicted molar refractivity (Wildman–Crippen MR) is 69.3 cm³/mol. The molecule has 0 aliphatic rings. The van der Waals surface area contributed by atoms with Gasteiger partial charge in [0.05, 0.1) is 12.5 Å². The number of carboxylic acid groups (broad SMARTS) is 1. The molecule has 20 heavy (non-hydrogen) atoms. The molecule has 3 amide bonds. The van der Waals surface area contributed by atoms with Gasteiger partial charge in [0, 0.05) is 13.0 Å². The van der Waals surface area contributed by atoms with Crippen molar-refractivity contribution in [2.75, 3.05) is 6.54 Å². The zero-order chi connectivity index (χ0) is 15.7. The molecule has 0 aromatic carbocycles. The Bertz CT molecular complexity index is 385. The Balaban J connectivity index is 4.40. The summed E-state index contributed by atoms with van der Waals surface area (Å²) in [4.78, 5) is 44.4. The van der Waals surface area contributed by atoms with Crippen LogP contribution in [-0.4, -0.2) is 47.4 Å². The van der Waals surface area contributed by atoms with Crippen LogP contribution >= 0.6 is 0 Å². The number of carbonyl (C=O) groups is 4. The summed E-state index contributed by atoms with van der Waals surface area (Å²) in [5.74, 6) is -3.16. The third kappa shape index (κ3) is 7.31. The van der Waals surface area contributed by atoms with Crippen LogP contribution in [0.5, 0.6) is 0 Å². The second-order valence-corrected chi connectivity index (χ2v) is 4.17. The number of nitrogens with two attached hydrogens (primary N) is 2. The smallest absolute Gasteiger partial charge is 0.326 e. The molecule has 0 aromatic rings. The Labute approximate surface area is 116 Å². The van der Waals surface area contributed by atoms with Gasteiger partial charge in [-0.25, -0.2) is 4.79 Å². The minimum atomic E-state index is -1.28. The SMILES string of the molecule is CCNC(=O)CC[C@H](NC(=O)[C@@H](N)CC(N)=O)C(=O)O. The fourth-order valence-electron chi connectivity index (χ4n) is 1.41. The lowest BCUT2D eigenvalue weighted by Gasteiger charge is -2.17. The largest absolute Gasteiger partial charge is 0.480 e. The molecule has 9 heteroatoms. The summed E-state index contributed by atoms with van der Waals surface area (Å²) in [5.41, 5.74) is 10.3. The maximum absolute atomic E-state index is 11.6. The van der Waals surface area contributed by atoms with Gasteiger partial charge in [0.2, 0.25) is 17.7 Å². The predicted octanol–water partition coefficient (Wildman–Crippen LogP) is -2.33. The monoisotopic (exact) mass is 288 g/mol. The molecule has 0 aliphatic heterocycles. The van der Waals surface area contributed by atoms with E-state index >= 15 is 0 Å². The van der Waals surface area contributed by atoms with E-state index in [0.717, 1.165) is 0 Å². The topological polar surface area (TPSA) is 165 Å². The highest BCUT2D eigenvalue weighted by Gasteiger charge is 2.24. The molecule has 0 radical (unpaired) electrons. The number of amides is 3. The van der Waals surface area contributed by atoms with Gasteiger partial charge in [-0.2, -0.15) is 0 Å². The summed E-state index contributed by atoms with van der Waals surface area (Å²) in [6, 6.07) is -2.46. The van der Waals surface area contributed by atoms with Crippen molar-refractivity contribution in [3.05, 3.63) is 0 Å². The number of hydrogen-bond acceptors (Lipinski definition) is 5. The summed E-state index contributed by atoms with van der Waals surface area (Å²) >= 11 is 0. The Morgan fingerprint density at radius 3 is 2.30 bits per heavy atom. The zero-order valence-corrected chi connectivity index (χ0v) is 11.2. The maximum Gasteiger partial charge on any atom is 0.326 e. The maximum atomic E-state index is 11.6. The highest BCUT2D eigenvalue weighted by atomic mass is 16.4. The summed E-state index contributed by atoms with van der Waals surface area (Å²) in [6.45, 7) is 2.17. The highest BCUT2D eigenvalue weighted by molar-refractivity contribution is 5.90. The molecule has 0 rings (SSSR count). The first-order chi connectivity index (χ1) is 9.27. The van der Waals surface area contributed by atoms with E-state index in [1.165, 1.54) is 0 Å². The molecule has 0 aromatic heterocycles. The van der Waals surface area contributed by atoms with Crippen LogP contribution in [0.15, 0.2) is 0 Å². The van der Waals surface area contributed by atoms with Crippen LogP contribution in [0.1, 0.15) is 26.2 Å². The number of nitrogens with one attached hydrogen (secondary N) is 2. The van der Waals surface area contributed by atoms with Crippen LogP contribution in [0.2, 0.25) is 0 Å². The number of primary amides is 1. The van der Waals surface area contributed by atoms with Crippen molar-refractivity contribution in [2.45, 2.75) is 38.3 Å². The van der Waals surface area contributed by atoms with E-state index in [1.54, 1.807) is 6.92 Å². The molecular weight excluding hydrogens is 268 g/mol. The first kappa shape index (κ1) is 17.8. The van der Waals surface area contributed by atoms with Gasteiger partial charge in [0.1, 0.15) is 6.04 Å². The molecule has 0 unspecified atom stereocenters. The van der Waals surface area contributed by atoms with E-state index < -0.39 is 29.9 Å². The Hall–Kier alpha value is -2.16. The van der Waals surface area contributed by atoms with Crippen molar-refractivity contribution in [2.24, 2.45) is 11.5 Å². The summed E-state index contributed by atoms with van der Waals surface area (Å²) in [5, 5.41) is 13.6. The van der Waals surface area contributed by atoms with Crippen molar-refractivity contribution in [1.29, 1.82) is 0 Å². The van der Waals surface area contributed by atoms with Gasteiger partial charge >= 0.3 is 5.97 Å². The standard InChI is InChI=1S/C11H20N4O5/c1-2-14-9(17)4-3-7(11(19)20)15-10(18)6(12)5-8(13)16/h6-7H,2-5,12H2,1H3,(H2,13,16)(H,14,17)(H,15,18)(H,19,20)/t6-,7-/m0/s1. The van der Waals surface area contributed by atoms with Crippen molar-refractivity contribution in [3.8, 4) is 0 Å². The second-order valence-electron chi connectivity index (χ2n) is 4.17. The van der Waals surface area contributed by atoms with Crippen molar-refractivity contribution >= 4 is 23.7 Å². The Morgan fingerprint density at radius 1 is 1.25 bits per heavy atom. The third-order valence-corrected chi connectivity index (χ3v) is 2.41. The number of carbonyl (C=O) groups excluding carboxylic acids is 3. The molecule has 7 N–H and O–H groups in total. The molecule has 0 aliphatic carbocycles. The van der Waals surface area contributed by atoms with Crippen LogP contribution in [0.4, 0.5) is 0 Å². The highest BCUT2D eigenvalue weighted by Crippen LogP contribution is 1.99. The Morgan fingerprint density at radius 2 is 1.85 bits per heavy atom. The van der Waals surface area contributed by atoms with Crippen LogP contribution in [0.25, 0.3) is 0 Å². The third-order valence-electron chi connectivity index (χ3n) is 2.41. The van der Waals surface area contributed by atoms with E-state index in [2.05, 4.69) is 10.6 Å². The van der Waals surface area contributed by atoms with Gasteiger partial charge in [0.25, 0.3) is 0 Å². The molecule has 0 fully saturated rings. The summed E-state index contributed by atoms with van der Waals surface area (Å²) < 4.78 is 0. The lowest BCUT2D eigenvalue weighted by molar-refractivity contribution is -0.142. The minimum Gasteiger partial charge on any atom is -0.480 e. The first-order valence-corrected chi connectivity index (χ1v) is 6.11. The quantitative estimate of drug-likeness (QED) is 0.319. The molecule has 9 nitrogen and oxygen atoms in total. The van der Waals surface area contributed by atoms with E-state index in [9.17, 15) is 19.2 Å². The molecular formula is C11H20N4O5. The molecule has 114 valence electrons. The van der Waals surface area contributed by atoms with Gasteiger partial charge in [-0.1, -0.05) is 0 Å². The summed E-state index contributed by atoms with van der Waals surface area (Å²) in [7, 11) is 0. The van der Waals surface area contributed by atoms with Crippen LogP contribution in [0, 0.1) is 0 Å². The lowest BCUT2D eigenvalue weighted by Crippen LogP contribution is -2.49. The Kier molecular flexibility index (Phi) is 7.90. The van der Waals surface area contributed by atoms with Gasteiger partial charge in [-0.05, 0) is 13.3 Å². The fourth-order valence-corrected chi connectivity index (χ4v) is 1.41. The second kappa shape index (κ2) is 8.86. The van der Waals surface area contributed by atoms with E-state index in [1.807, 2.05) is 0 Å². The molecule has 2 atom stereocenters. The van der Waals surface area contributed by atoms with Crippen molar-refractivity contribution in [3.63, 3.8) is 0 Å². The molecule has 0 saturated heterocycles.